The van der Waals surface area contributed by atoms with Crippen molar-refractivity contribution in [1.29, 1.82) is 0 Å². The molecule has 0 aliphatic carbocycles. The number of aliphatic carboxylic acids is 1. The van der Waals surface area contributed by atoms with Gasteiger partial charge in [0.05, 0.1) is 13.0 Å². The topological polar surface area (TPSA) is 63.6 Å². The first-order valence-electron chi connectivity index (χ1n) is 4.14. The van der Waals surface area contributed by atoms with E-state index in [9.17, 15) is 9.36 Å². The normalized spacial score (nSPS) is 11.5. The second-order valence-corrected chi connectivity index (χ2v) is 4.09. The van der Waals surface area contributed by atoms with Crippen molar-refractivity contribution in [3.63, 3.8) is 0 Å². The van der Waals surface area contributed by atoms with Gasteiger partial charge in [0.1, 0.15) is 0 Å². The van der Waals surface area contributed by atoms with Crippen molar-refractivity contribution in [2.45, 2.75) is 6.42 Å². The molecule has 0 heterocycles. The van der Waals surface area contributed by atoms with Gasteiger partial charge in [0.25, 0.3) is 0 Å². The summed E-state index contributed by atoms with van der Waals surface area (Å²) in [5.41, 5.74) is 0. The van der Waals surface area contributed by atoms with Crippen molar-refractivity contribution in [3.8, 4) is 0 Å². The molecule has 0 bridgehead atoms. The second kappa shape index (κ2) is 7.90. The molecule has 0 fully saturated rings. The Morgan fingerprint density at radius 2 is 1.93 bits per heavy atom. The molecule has 0 saturated heterocycles. The average molecular weight is 336 g/mol. The summed E-state index contributed by atoms with van der Waals surface area (Å²) < 4.78 is 16.3. The minimum atomic E-state index is -2.28. The molecule has 0 saturated carbocycles. The summed E-state index contributed by atoms with van der Waals surface area (Å²) in [6.07, 6.45) is -0.122. The molecule has 83 valence electrons. The molecule has 4 nitrogen and oxygen atoms in total. The van der Waals surface area contributed by atoms with E-state index in [0.29, 0.717) is 5.30 Å². The van der Waals surface area contributed by atoms with Gasteiger partial charge in [0.15, 0.2) is 0 Å². The summed E-state index contributed by atoms with van der Waals surface area (Å²) in [4.78, 5) is 10.1. The van der Waals surface area contributed by atoms with E-state index < -0.39 is 14.0 Å². The summed E-state index contributed by atoms with van der Waals surface area (Å²) in [7, 11) is -2.28. The first-order valence-corrected chi connectivity index (χ1v) is 5.46. The van der Waals surface area contributed by atoms with E-state index in [1.165, 1.54) is 0 Å². The van der Waals surface area contributed by atoms with Gasteiger partial charge in [-0.2, -0.15) is 0 Å². The van der Waals surface area contributed by atoms with Gasteiger partial charge in [-0.3, -0.25) is 9.36 Å². The third kappa shape index (κ3) is 5.97. The number of carbonyl (C=O) groups is 1. The second-order valence-electron chi connectivity index (χ2n) is 2.65. The van der Waals surface area contributed by atoms with Crippen LogP contribution in [0.25, 0.3) is 0 Å². The van der Waals surface area contributed by atoms with Gasteiger partial charge in [-0.05, 0) is 12.1 Å². The van der Waals surface area contributed by atoms with E-state index in [1.807, 2.05) is 6.07 Å². The molecule has 1 N–H and O–H groups in total. The Hall–Kier alpha value is -0.321. The number of hydrogen-bond donors (Lipinski definition) is 1. The number of hydrogen-bond acceptors (Lipinski definition) is 3. The van der Waals surface area contributed by atoms with E-state index in [4.69, 9.17) is 9.63 Å². The number of benzene rings is 1. The summed E-state index contributed by atoms with van der Waals surface area (Å²) in [6, 6.07) is 8.73. The van der Waals surface area contributed by atoms with Crippen LogP contribution >= 0.6 is 8.03 Å². The van der Waals surface area contributed by atoms with Crippen LogP contribution in [-0.2, 0) is 13.9 Å². The van der Waals surface area contributed by atoms with Gasteiger partial charge < -0.3 is 9.63 Å². The van der Waals surface area contributed by atoms with Crippen LogP contribution < -0.4 is 5.30 Å². The number of rotatable bonds is 5. The molecule has 1 aromatic carbocycles. The molecule has 0 spiro atoms. The van der Waals surface area contributed by atoms with Crippen LogP contribution in [0, 0.1) is 0 Å². The molecule has 0 aromatic heterocycles. The number of carboxylic acid groups (broad SMARTS) is 1. The Morgan fingerprint density at radius 3 is 2.47 bits per heavy atom. The Morgan fingerprint density at radius 1 is 1.33 bits per heavy atom. The van der Waals surface area contributed by atoms with Crippen LogP contribution in [-0.4, -0.2) is 41.6 Å². The Balaban J connectivity index is 0.00000196. The van der Waals surface area contributed by atoms with Gasteiger partial charge in [-0.1, -0.05) is 18.2 Å². The molecule has 15 heavy (non-hydrogen) atoms. The molecule has 1 aromatic rings. The van der Waals surface area contributed by atoms with Gasteiger partial charge in [-0.25, -0.2) is 0 Å². The van der Waals surface area contributed by atoms with E-state index in [-0.39, 0.29) is 36.9 Å². The predicted molar refractivity (Wildman–Crippen MR) is 63.2 cm³/mol. The zero-order valence-corrected chi connectivity index (χ0v) is 15.2. The van der Waals surface area contributed by atoms with Gasteiger partial charge in [-0.15, -0.1) is 0 Å². The van der Waals surface area contributed by atoms with Crippen LogP contribution in [0.15, 0.2) is 30.3 Å². The SMILES string of the molecule is O=C(O)CCO[PH](=O)c1ccccc1.[SnH3]. The molecule has 6 heteroatoms. The fourth-order valence-electron chi connectivity index (χ4n) is 0.889. The molecule has 1 atom stereocenters. The monoisotopic (exact) mass is 337 g/mol. The van der Waals surface area contributed by atoms with Crippen LogP contribution in [0.3, 0.4) is 0 Å². The fraction of sp³-hybridized carbons (Fsp3) is 0.222. The summed E-state index contributed by atoms with van der Waals surface area (Å²) in [5.74, 6) is -0.951. The Bertz CT molecular complexity index is 328. The molecule has 0 aliphatic rings. The molecular formula is C9H14O4PSn. The van der Waals surface area contributed by atoms with Crippen molar-refractivity contribution in [1.82, 2.24) is 0 Å². The third-order valence-electron chi connectivity index (χ3n) is 1.56. The zero-order chi connectivity index (χ0) is 10.4. The zero-order valence-electron chi connectivity index (χ0n) is 8.47. The first-order chi connectivity index (χ1) is 6.70. The summed E-state index contributed by atoms with van der Waals surface area (Å²) >= 11 is 0. The summed E-state index contributed by atoms with van der Waals surface area (Å²) in [5, 5.41) is 8.94. The van der Waals surface area contributed by atoms with Crippen molar-refractivity contribution in [2.75, 3.05) is 6.61 Å². The maximum atomic E-state index is 11.4. The van der Waals surface area contributed by atoms with Crippen molar-refractivity contribution >= 4 is 43.2 Å². The van der Waals surface area contributed by atoms with Crippen molar-refractivity contribution in [2.24, 2.45) is 0 Å². The molecule has 0 aliphatic heterocycles. The molecule has 1 radical (unpaired) electrons. The van der Waals surface area contributed by atoms with Gasteiger partial charge in [0, 0.05) is 5.30 Å². The molecule has 1 rings (SSSR count). The standard InChI is InChI=1S/C9H11O4P.Sn.3H/c10-9(11)6-7-13-14(12)8-4-2-1-3-5-8;;;;/h1-5,14H,6-7H2,(H,10,11);;;;. The Kier molecular flexibility index (Phi) is 7.74. The van der Waals surface area contributed by atoms with Crippen LogP contribution in [0.1, 0.15) is 6.42 Å². The third-order valence-corrected chi connectivity index (χ3v) is 2.83. The van der Waals surface area contributed by atoms with Crippen molar-refractivity contribution in [3.05, 3.63) is 30.3 Å². The van der Waals surface area contributed by atoms with Gasteiger partial charge >= 0.3 is 29.9 Å². The van der Waals surface area contributed by atoms with Crippen molar-refractivity contribution < 1.29 is 19.0 Å². The van der Waals surface area contributed by atoms with E-state index in [2.05, 4.69) is 0 Å². The minimum absolute atomic E-state index is 0. The quantitative estimate of drug-likeness (QED) is 0.612. The van der Waals surface area contributed by atoms with Crippen LogP contribution in [0.4, 0.5) is 0 Å². The maximum absolute atomic E-state index is 11.4. The Labute approximate surface area is 105 Å². The van der Waals surface area contributed by atoms with Gasteiger partial charge in [0.2, 0.25) is 8.03 Å². The van der Waals surface area contributed by atoms with E-state index in [0.717, 1.165) is 0 Å². The van der Waals surface area contributed by atoms with E-state index >= 15 is 0 Å². The molecule has 0 amide bonds. The molecule has 1 unspecified atom stereocenters. The fourth-order valence-corrected chi connectivity index (χ4v) is 1.81. The number of carboxylic acids is 1. The van der Waals surface area contributed by atoms with Crippen LogP contribution in [0.5, 0.6) is 0 Å². The summed E-state index contributed by atoms with van der Waals surface area (Å²) in [6.45, 7) is -0.0119. The first kappa shape index (κ1) is 14.7. The average Bonchev–Trinajstić information content (AvgIpc) is 2.18. The van der Waals surface area contributed by atoms with Crippen LogP contribution in [0.2, 0.25) is 0 Å². The molecular weight excluding hydrogens is 322 g/mol. The predicted octanol–water partition coefficient (Wildman–Crippen LogP) is 0.0940. The van der Waals surface area contributed by atoms with E-state index in [1.54, 1.807) is 24.3 Å².